The molecule has 0 aliphatic carbocycles. The van der Waals surface area contributed by atoms with Gasteiger partial charge in [0.15, 0.2) is 0 Å². The lowest BCUT2D eigenvalue weighted by molar-refractivity contribution is -0.118. The molecule has 1 heterocycles. The van der Waals surface area contributed by atoms with E-state index in [4.69, 9.17) is 0 Å². The highest BCUT2D eigenvalue weighted by atomic mass is 32.2. The van der Waals surface area contributed by atoms with Crippen molar-refractivity contribution in [3.05, 3.63) is 59.9 Å². The number of amides is 1. The zero-order valence-corrected chi connectivity index (χ0v) is 13.8. The van der Waals surface area contributed by atoms with Crippen LogP contribution >= 0.6 is 11.8 Å². The Hall–Kier alpha value is -2.94. The molecule has 0 bridgehead atoms. The van der Waals surface area contributed by atoms with Crippen molar-refractivity contribution >= 4 is 17.7 Å². The fourth-order valence-electron chi connectivity index (χ4n) is 2.01. The molecule has 0 aliphatic rings. The van der Waals surface area contributed by atoms with Crippen molar-refractivity contribution in [2.45, 2.75) is 11.7 Å². The van der Waals surface area contributed by atoms with Crippen LogP contribution in [0.1, 0.15) is 5.56 Å². The normalized spacial score (nSPS) is 10.6. The number of rotatable bonds is 6. The predicted octanol–water partition coefficient (Wildman–Crippen LogP) is 1.92. The van der Waals surface area contributed by atoms with Crippen molar-refractivity contribution in [3.8, 4) is 11.4 Å². The van der Waals surface area contributed by atoms with Gasteiger partial charge in [0.2, 0.25) is 11.1 Å². The molecule has 0 radical (unpaired) electrons. The van der Waals surface area contributed by atoms with Crippen molar-refractivity contribution in [3.63, 3.8) is 0 Å². The van der Waals surface area contributed by atoms with Crippen molar-refractivity contribution in [2.75, 3.05) is 5.75 Å². The number of carbonyl (C=O) groups excluding carboxylic acids is 1. The molecule has 0 fully saturated rings. The first-order valence-corrected chi connectivity index (χ1v) is 8.32. The maximum atomic E-state index is 12.8. The van der Waals surface area contributed by atoms with E-state index in [9.17, 15) is 14.3 Å². The van der Waals surface area contributed by atoms with Gasteiger partial charge < -0.3 is 10.4 Å². The number of thioether (sulfide) groups is 1. The second-order valence-corrected chi connectivity index (χ2v) is 6.02. The van der Waals surface area contributed by atoms with E-state index in [-0.39, 0.29) is 23.2 Å². The minimum absolute atomic E-state index is 0.139. The van der Waals surface area contributed by atoms with Crippen molar-refractivity contribution in [1.82, 2.24) is 25.5 Å². The first-order chi connectivity index (χ1) is 12.1. The monoisotopic (exact) mass is 359 g/mol. The summed E-state index contributed by atoms with van der Waals surface area (Å²) in [6.07, 6.45) is 0. The van der Waals surface area contributed by atoms with Gasteiger partial charge in [-0.2, -0.15) is 4.68 Å². The molecule has 3 rings (SSSR count). The number of tetrazole rings is 1. The second kappa shape index (κ2) is 7.75. The molecule has 0 saturated heterocycles. The Balaban J connectivity index is 1.55. The summed E-state index contributed by atoms with van der Waals surface area (Å²) in [5.74, 6) is -0.216. The van der Waals surface area contributed by atoms with Crippen LogP contribution < -0.4 is 5.32 Å². The molecule has 3 aromatic rings. The molecule has 25 heavy (non-hydrogen) atoms. The summed E-state index contributed by atoms with van der Waals surface area (Å²) in [7, 11) is 0. The topological polar surface area (TPSA) is 92.9 Å². The minimum Gasteiger partial charge on any atom is -0.508 e. The Morgan fingerprint density at radius 2 is 1.88 bits per heavy atom. The summed E-state index contributed by atoms with van der Waals surface area (Å²) in [6, 6.07) is 12.3. The Morgan fingerprint density at radius 1 is 1.16 bits per heavy atom. The Morgan fingerprint density at radius 3 is 2.60 bits per heavy atom. The number of hydrogen-bond acceptors (Lipinski definition) is 6. The van der Waals surface area contributed by atoms with Gasteiger partial charge in [-0.25, -0.2) is 4.39 Å². The number of nitrogens with zero attached hydrogens (tertiary/aromatic N) is 4. The molecule has 128 valence electrons. The van der Waals surface area contributed by atoms with Crippen LogP contribution in [0.15, 0.2) is 53.7 Å². The number of phenolic OH excluding ortho intramolecular Hbond substituents is 1. The second-order valence-electron chi connectivity index (χ2n) is 5.08. The molecule has 9 heteroatoms. The van der Waals surface area contributed by atoms with Crippen LogP contribution in [0, 0.1) is 5.82 Å². The first kappa shape index (κ1) is 16.9. The third-order valence-electron chi connectivity index (χ3n) is 3.27. The van der Waals surface area contributed by atoms with Gasteiger partial charge in [0.25, 0.3) is 0 Å². The number of carbonyl (C=O) groups is 1. The third kappa shape index (κ3) is 4.54. The van der Waals surface area contributed by atoms with Gasteiger partial charge in [-0.1, -0.05) is 23.9 Å². The highest BCUT2D eigenvalue weighted by Crippen LogP contribution is 2.19. The van der Waals surface area contributed by atoms with E-state index < -0.39 is 0 Å². The van der Waals surface area contributed by atoms with E-state index in [2.05, 4.69) is 20.8 Å². The lowest BCUT2D eigenvalue weighted by atomic mass is 10.2. The average molecular weight is 359 g/mol. The largest absolute Gasteiger partial charge is 0.508 e. The molecule has 1 amide bonds. The van der Waals surface area contributed by atoms with Crippen LogP contribution in [-0.4, -0.2) is 37.0 Å². The zero-order chi connectivity index (χ0) is 17.6. The highest BCUT2D eigenvalue weighted by Gasteiger charge is 2.11. The summed E-state index contributed by atoms with van der Waals surface area (Å²) >= 11 is 1.19. The molecule has 7 nitrogen and oxygen atoms in total. The minimum atomic E-state index is -0.313. The lowest BCUT2D eigenvalue weighted by Gasteiger charge is -2.06. The maximum absolute atomic E-state index is 12.8. The van der Waals surface area contributed by atoms with Crippen LogP contribution in [0.3, 0.4) is 0 Å². The van der Waals surface area contributed by atoms with Crippen LogP contribution in [0.25, 0.3) is 5.69 Å². The van der Waals surface area contributed by atoms with Gasteiger partial charge in [0.1, 0.15) is 11.6 Å². The van der Waals surface area contributed by atoms with Crippen molar-refractivity contribution in [2.24, 2.45) is 0 Å². The molecule has 0 unspecified atom stereocenters. The number of hydrogen-bond donors (Lipinski definition) is 2. The van der Waals surface area contributed by atoms with Gasteiger partial charge in [0, 0.05) is 6.54 Å². The smallest absolute Gasteiger partial charge is 0.230 e. The van der Waals surface area contributed by atoms with Crippen molar-refractivity contribution in [1.29, 1.82) is 0 Å². The van der Waals surface area contributed by atoms with E-state index in [0.29, 0.717) is 17.4 Å². The van der Waals surface area contributed by atoms with Crippen LogP contribution in [0.5, 0.6) is 5.75 Å². The molecule has 2 aromatic carbocycles. The molecule has 0 saturated carbocycles. The fourth-order valence-corrected chi connectivity index (χ4v) is 2.73. The number of benzene rings is 2. The molecule has 0 aliphatic heterocycles. The van der Waals surface area contributed by atoms with Crippen LogP contribution in [-0.2, 0) is 11.3 Å². The molecule has 0 atom stereocenters. The van der Waals surface area contributed by atoms with E-state index in [0.717, 1.165) is 5.56 Å². The molecular weight excluding hydrogens is 345 g/mol. The Kier molecular flexibility index (Phi) is 5.24. The third-order valence-corrected chi connectivity index (χ3v) is 4.19. The van der Waals surface area contributed by atoms with E-state index in [1.165, 1.54) is 40.7 Å². The SMILES string of the molecule is O=C(CSc1nnnn1-c1ccc(O)cc1)NCc1ccc(F)cc1. The zero-order valence-electron chi connectivity index (χ0n) is 13.0. The van der Waals surface area contributed by atoms with Gasteiger partial charge in [-0.3, -0.25) is 4.79 Å². The number of nitrogens with one attached hydrogen (secondary N) is 1. The Labute approximate surface area is 146 Å². The lowest BCUT2D eigenvalue weighted by Crippen LogP contribution is -2.24. The average Bonchev–Trinajstić information content (AvgIpc) is 3.09. The number of phenols is 1. The van der Waals surface area contributed by atoms with Gasteiger partial charge in [-0.15, -0.1) is 5.10 Å². The maximum Gasteiger partial charge on any atom is 0.230 e. The van der Waals surface area contributed by atoms with Gasteiger partial charge >= 0.3 is 0 Å². The van der Waals surface area contributed by atoms with Gasteiger partial charge in [0.05, 0.1) is 11.4 Å². The highest BCUT2D eigenvalue weighted by molar-refractivity contribution is 7.99. The quantitative estimate of drug-likeness (QED) is 0.653. The summed E-state index contributed by atoms with van der Waals surface area (Å²) < 4.78 is 14.3. The van der Waals surface area contributed by atoms with Crippen LogP contribution in [0.2, 0.25) is 0 Å². The first-order valence-electron chi connectivity index (χ1n) is 7.33. The molecule has 0 spiro atoms. The molecule has 2 N–H and O–H groups in total. The predicted molar refractivity (Wildman–Crippen MR) is 89.8 cm³/mol. The van der Waals surface area contributed by atoms with E-state index in [1.807, 2.05) is 0 Å². The number of aromatic hydroxyl groups is 1. The van der Waals surface area contributed by atoms with Crippen molar-refractivity contribution < 1.29 is 14.3 Å². The number of halogens is 1. The van der Waals surface area contributed by atoms with Crippen LogP contribution in [0.4, 0.5) is 4.39 Å². The van der Waals surface area contributed by atoms with E-state index >= 15 is 0 Å². The fraction of sp³-hybridized carbons (Fsp3) is 0.125. The summed E-state index contributed by atoms with van der Waals surface area (Å²) in [5, 5.41) is 23.9. The summed E-state index contributed by atoms with van der Waals surface area (Å²) in [4.78, 5) is 12.0. The molecular formula is C16H14FN5O2S. The summed E-state index contributed by atoms with van der Waals surface area (Å²) in [6.45, 7) is 0.322. The number of aromatic nitrogens is 4. The Bertz CT molecular complexity index is 852. The van der Waals surface area contributed by atoms with Gasteiger partial charge in [-0.05, 0) is 52.4 Å². The molecule has 1 aromatic heterocycles. The summed E-state index contributed by atoms with van der Waals surface area (Å²) in [5.41, 5.74) is 1.49. The van der Waals surface area contributed by atoms with E-state index in [1.54, 1.807) is 24.3 Å². The standard InChI is InChI=1S/C16H14FN5O2S/c17-12-3-1-11(2-4-12)9-18-15(24)10-25-16-19-20-21-22(16)13-5-7-14(23)8-6-13/h1-8,23H,9-10H2,(H,18,24).